The smallest absolute Gasteiger partial charge is 0.107 e. The normalized spacial score (nSPS) is 19.8. The summed E-state index contributed by atoms with van der Waals surface area (Å²) in [7, 11) is 2.21. The zero-order valence-corrected chi connectivity index (χ0v) is 13.8. The van der Waals surface area contributed by atoms with Gasteiger partial charge in [-0.25, -0.2) is 0 Å². The number of piperidine rings is 1. The van der Waals surface area contributed by atoms with Gasteiger partial charge < -0.3 is 16.0 Å². The van der Waals surface area contributed by atoms with E-state index in [9.17, 15) is 0 Å². The number of thioether (sulfide) groups is 1. The minimum Gasteiger partial charge on any atom is -0.389 e. The van der Waals surface area contributed by atoms with Crippen molar-refractivity contribution in [3.8, 4) is 0 Å². The molecule has 3 N–H and O–H groups in total. The average Bonchev–Trinajstić information content (AvgIpc) is 2.45. The minimum atomic E-state index is 0.467. The van der Waals surface area contributed by atoms with Gasteiger partial charge >= 0.3 is 0 Å². The highest BCUT2D eigenvalue weighted by Gasteiger charge is 2.19. The van der Waals surface area contributed by atoms with Crippen molar-refractivity contribution < 1.29 is 0 Å². The molecule has 2 rings (SSSR count). The molecule has 0 spiro atoms. The summed E-state index contributed by atoms with van der Waals surface area (Å²) in [5, 5.41) is 3.55. The second-order valence-electron chi connectivity index (χ2n) is 5.26. The fourth-order valence-corrected chi connectivity index (χ4v) is 3.66. The van der Waals surface area contributed by atoms with Crippen LogP contribution >= 0.6 is 24.0 Å². The van der Waals surface area contributed by atoms with Gasteiger partial charge in [-0.3, -0.25) is 0 Å². The van der Waals surface area contributed by atoms with E-state index in [-0.39, 0.29) is 0 Å². The van der Waals surface area contributed by atoms with Crippen LogP contribution in [-0.2, 0) is 0 Å². The van der Waals surface area contributed by atoms with Crippen molar-refractivity contribution >= 4 is 34.7 Å². The fourth-order valence-electron chi connectivity index (χ4n) is 2.73. The number of likely N-dealkylation sites (tertiary alicyclic amines) is 1. The first-order chi connectivity index (χ1) is 9.63. The maximum Gasteiger partial charge on any atom is 0.107 e. The first-order valence-electron chi connectivity index (χ1n) is 7.04. The first-order valence-corrected chi connectivity index (χ1v) is 8.67. The Morgan fingerprint density at radius 1 is 1.50 bits per heavy atom. The zero-order chi connectivity index (χ0) is 14.5. The van der Waals surface area contributed by atoms with Crippen LogP contribution in [0.4, 0.5) is 5.69 Å². The van der Waals surface area contributed by atoms with Gasteiger partial charge in [-0.15, -0.1) is 11.8 Å². The molecule has 0 bridgehead atoms. The summed E-state index contributed by atoms with van der Waals surface area (Å²) in [5.74, 6) is 0. The second-order valence-corrected chi connectivity index (χ2v) is 6.55. The molecule has 1 atom stereocenters. The van der Waals surface area contributed by atoms with E-state index in [0.717, 1.165) is 22.7 Å². The highest BCUT2D eigenvalue weighted by atomic mass is 32.2. The monoisotopic (exact) mass is 309 g/mol. The first kappa shape index (κ1) is 15.6. The van der Waals surface area contributed by atoms with Gasteiger partial charge in [0, 0.05) is 28.7 Å². The molecule has 110 valence electrons. The Kier molecular flexibility index (Phi) is 5.69. The van der Waals surface area contributed by atoms with Crippen molar-refractivity contribution in [3.63, 3.8) is 0 Å². The van der Waals surface area contributed by atoms with Gasteiger partial charge in [0.15, 0.2) is 0 Å². The maximum absolute atomic E-state index is 5.89. The SMILES string of the molecule is CSc1cccc(NCC2CCCCN2C)c1C(N)=S. The van der Waals surface area contributed by atoms with Crippen molar-refractivity contribution in [2.45, 2.75) is 30.2 Å². The predicted octanol–water partition coefficient (Wildman–Crippen LogP) is 2.94. The Morgan fingerprint density at radius 2 is 2.30 bits per heavy atom. The third-order valence-electron chi connectivity index (χ3n) is 3.94. The summed E-state index contributed by atoms with van der Waals surface area (Å²) < 4.78 is 0. The molecule has 1 heterocycles. The number of nitrogens with two attached hydrogens (primary N) is 1. The van der Waals surface area contributed by atoms with Gasteiger partial charge in [-0.05, 0) is 44.8 Å². The Balaban J connectivity index is 2.10. The van der Waals surface area contributed by atoms with Gasteiger partial charge in [0.2, 0.25) is 0 Å². The fraction of sp³-hybridized carbons (Fsp3) is 0.533. The molecule has 1 saturated heterocycles. The maximum atomic E-state index is 5.89. The number of nitrogens with zero attached hydrogens (tertiary/aromatic N) is 1. The van der Waals surface area contributed by atoms with E-state index in [4.69, 9.17) is 18.0 Å². The molecule has 0 aliphatic carbocycles. The van der Waals surface area contributed by atoms with E-state index in [0.29, 0.717) is 11.0 Å². The predicted molar refractivity (Wildman–Crippen MR) is 92.9 cm³/mol. The minimum absolute atomic E-state index is 0.467. The molecular weight excluding hydrogens is 286 g/mol. The van der Waals surface area contributed by atoms with Crippen molar-refractivity contribution in [1.29, 1.82) is 0 Å². The van der Waals surface area contributed by atoms with E-state index < -0.39 is 0 Å². The van der Waals surface area contributed by atoms with E-state index in [1.165, 1.54) is 25.8 Å². The van der Waals surface area contributed by atoms with Crippen LogP contribution < -0.4 is 11.1 Å². The number of likely N-dealkylation sites (N-methyl/N-ethyl adjacent to an activating group) is 1. The number of thiocarbonyl (C=S) groups is 1. The molecular formula is C15H23N3S2. The molecule has 20 heavy (non-hydrogen) atoms. The van der Waals surface area contributed by atoms with Crippen LogP contribution in [0.5, 0.6) is 0 Å². The lowest BCUT2D eigenvalue weighted by atomic mass is 10.0. The molecule has 1 aromatic carbocycles. The average molecular weight is 310 g/mol. The lowest BCUT2D eigenvalue weighted by Crippen LogP contribution is -2.41. The second kappa shape index (κ2) is 7.29. The largest absolute Gasteiger partial charge is 0.389 e. The quantitative estimate of drug-likeness (QED) is 0.646. The topological polar surface area (TPSA) is 41.3 Å². The van der Waals surface area contributed by atoms with Crippen LogP contribution in [0.15, 0.2) is 23.1 Å². The van der Waals surface area contributed by atoms with Crippen LogP contribution in [-0.4, -0.2) is 42.3 Å². The summed E-state index contributed by atoms with van der Waals surface area (Å²) in [4.78, 5) is 4.05. The van der Waals surface area contributed by atoms with Crippen molar-refractivity contribution in [3.05, 3.63) is 23.8 Å². The van der Waals surface area contributed by atoms with E-state index in [2.05, 4.69) is 41.7 Å². The molecule has 5 heteroatoms. The molecule has 3 nitrogen and oxygen atoms in total. The number of hydrogen-bond donors (Lipinski definition) is 2. The summed E-state index contributed by atoms with van der Waals surface area (Å²) >= 11 is 6.89. The van der Waals surface area contributed by atoms with Crippen LogP contribution in [0.25, 0.3) is 0 Å². The van der Waals surface area contributed by atoms with Gasteiger partial charge in [0.05, 0.1) is 0 Å². The molecule has 1 unspecified atom stereocenters. The molecule has 0 amide bonds. The van der Waals surface area contributed by atoms with Crippen LogP contribution in [0.3, 0.4) is 0 Å². The lowest BCUT2D eigenvalue weighted by Gasteiger charge is -2.33. The van der Waals surface area contributed by atoms with Crippen molar-refractivity contribution in [1.82, 2.24) is 4.90 Å². The number of benzene rings is 1. The van der Waals surface area contributed by atoms with Gasteiger partial charge in [-0.2, -0.15) is 0 Å². The lowest BCUT2D eigenvalue weighted by molar-refractivity contribution is 0.194. The Labute approximate surface area is 131 Å². The van der Waals surface area contributed by atoms with Gasteiger partial charge in [0.1, 0.15) is 4.99 Å². The Morgan fingerprint density at radius 3 is 2.95 bits per heavy atom. The highest BCUT2D eigenvalue weighted by molar-refractivity contribution is 7.98. The van der Waals surface area contributed by atoms with Gasteiger partial charge in [0.25, 0.3) is 0 Å². The van der Waals surface area contributed by atoms with E-state index in [1.807, 2.05) is 0 Å². The molecule has 0 saturated carbocycles. The molecule has 1 fully saturated rings. The van der Waals surface area contributed by atoms with Crippen molar-refractivity contribution in [2.24, 2.45) is 5.73 Å². The third-order valence-corrected chi connectivity index (χ3v) is 4.93. The molecule has 0 aromatic heterocycles. The Hall–Kier alpha value is -0.780. The van der Waals surface area contributed by atoms with E-state index in [1.54, 1.807) is 11.8 Å². The standard InChI is InChI=1S/C15H23N3S2/c1-18-9-4-3-6-11(18)10-17-12-7-5-8-13(20-2)14(12)15(16)19/h5,7-8,11,17H,3-4,6,9-10H2,1-2H3,(H2,16,19). The summed E-state index contributed by atoms with van der Waals surface area (Å²) in [6.07, 6.45) is 5.95. The number of hydrogen-bond acceptors (Lipinski definition) is 4. The van der Waals surface area contributed by atoms with Crippen LogP contribution in [0.1, 0.15) is 24.8 Å². The van der Waals surface area contributed by atoms with Crippen LogP contribution in [0.2, 0.25) is 0 Å². The number of rotatable bonds is 5. The Bertz CT molecular complexity index is 476. The number of anilines is 1. The molecule has 1 aliphatic heterocycles. The molecule has 1 aromatic rings. The zero-order valence-electron chi connectivity index (χ0n) is 12.2. The molecule has 0 radical (unpaired) electrons. The summed E-state index contributed by atoms with van der Waals surface area (Å²) in [6.45, 7) is 2.14. The highest BCUT2D eigenvalue weighted by Crippen LogP contribution is 2.27. The van der Waals surface area contributed by atoms with Crippen molar-refractivity contribution in [2.75, 3.05) is 31.7 Å². The summed E-state index contributed by atoms with van der Waals surface area (Å²) in [5.41, 5.74) is 7.93. The molecule has 1 aliphatic rings. The van der Waals surface area contributed by atoms with E-state index >= 15 is 0 Å². The third kappa shape index (κ3) is 3.65. The number of nitrogens with one attached hydrogen (secondary N) is 1. The van der Waals surface area contributed by atoms with Crippen LogP contribution in [0, 0.1) is 0 Å². The summed E-state index contributed by atoms with van der Waals surface area (Å²) in [6, 6.07) is 6.79. The van der Waals surface area contributed by atoms with Gasteiger partial charge in [-0.1, -0.05) is 24.7 Å².